The molecular formula is C11H9N3O2. The van der Waals surface area contributed by atoms with Crippen molar-refractivity contribution >= 4 is 17.0 Å². The number of carboxylic acid groups (broad SMARTS) is 1. The molecule has 16 heavy (non-hydrogen) atoms. The molecule has 0 spiro atoms. The summed E-state index contributed by atoms with van der Waals surface area (Å²) < 4.78 is 0. The molecule has 0 unspecified atom stereocenters. The Hall–Kier alpha value is -2.35. The van der Waals surface area contributed by atoms with Crippen LogP contribution in [0.15, 0.2) is 18.5 Å². The first-order chi connectivity index (χ1) is 7.70. The molecule has 2 aromatic rings. The maximum atomic E-state index is 10.7. The summed E-state index contributed by atoms with van der Waals surface area (Å²) in [4.78, 5) is 17.7. The number of benzene rings is 1. The number of hydrogen-bond donors (Lipinski definition) is 2. The minimum absolute atomic E-state index is 0.0827. The summed E-state index contributed by atoms with van der Waals surface area (Å²) in [6.07, 6.45) is 1.70. The molecule has 2 N–H and O–H groups in total. The van der Waals surface area contributed by atoms with Gasteiger partial charge in [-0.2, -0.15) is 5.26 Å². The summed E-state index contributed by atoms with van der Waals surface area (Å²) in [5.41, 5.74) is 2.86. The van der Waals surface area contributed by atoms with Crippen molar-refractivity contribution in [2.45, 2.75) is 12.8 Å². The van der Waals surface area contributed by atoms with E-state index in [9.17, 15) is 4.79 Å². The predicted octanol–water partition coefficient (Wildman–Crippen LogP) is 1.26. The van der Waals surface area contributed by atoms with Gasteiger partial charge in [-0.3, -0.25) is 4.79 Å². The fourth-order valence-electron chi connectivity index (χ4n) is 1.68. The fraction of sp³-hybridized carbons (Fsp3) is 0.182. The smallest absolute Gasteiger partial charge is 0.307 e. The first kappa shape index (κ1) is 10.2. The van der Waals surface area contributed by atoms with Gasteiger partial charge in [-0.25, -0.2) is 4.98 Å². The first-order valence-corrected chi connectivity index (χ1v) is 4.74. The minimum atomic E-state index is -0.904. The lowest BCUT2D eigenvalue weighted by Crippen LogP contribution is -2.01. The summed E-state index contributed by atoms with van der Waals surface area (Å²) in [6.45, 7) is 0. The molecule has 1 aromatic carbocycles. The number of rotatable bonds is 3. The number of carboxylic acids is 1. The molecule has 5 heteroatoms. The number of carbonyl (C=O) groups is 1. The van der Waals surface area contributed by atoms with E-state index in [-0.39, 0.29) is 12.8 Å². The van der Waals surface area contributed by atoms with Crippen molar-refractivity contribution in [2.75, 3.05) is 0 Å². The van der Waals surface area contributed by atoms with E-state index in [2.05, 4.69) is 9.97 Å². The number of aromatic amines is 1. The van der Waals surface area contributed by atoms with Gasteiger partial charge in [0.1, 0.15) is 0 Å². The maximum Gasteiger partial charge on any atom is 0.307 e. The van der Waals surface area contributed by atoms with E-state index in [1.165, 1.54) is 6.33 Å². The van der Waals surface area contributed by atoms with E-state index in [0.717, 1.165) is 11.1 Å². The average Bonchev–Trinajstić information content (AvgIpc) is 2.65. The Balaban J connectivity index is 2.55. The van der Waals surface area contributed by atoms with Gasteiger partial charge in [0.2, 0.25) is 0 Å². The number of aromatic nitrogens is 2. The lowest BCUT2D eigenvalue weighted by Gasteiger charge is -2.02. The largest absolute Gasteiger partial charge is 0.481 e. The van der Waals surface area contributed by atoms with Crippen LogP contribution in [0.25, 0.3) is 11.0 Å². The maximum absolute atomic E-state index is 10.7. The number of nitrogens with one attached hydrogen (secondary N) is 1. The number of nitrogens with zero attached hydrogens (tertiary/aromatic N) is 2. The van der Waals surface area contributed by atoms with E-state index in [1.54, 1.807) is 6.07 Å². The van der Waals surface area contributed by atoms with Crippen LogP contribution in [-0.2, 0) is 17.6 Å². The van der Waals surface area contributed by atoms with Gasteiger partial charge < -0.3 is 10.1 Å². The molecule has 0 bridgehead atoms. The fourth-order valence-corrected chi connectivity index (χ4v) is 1.68. The topological polar surface area (TPSA) is 89.8 Å². The van der Waals surface area contributed by atoms with E-state index in [0.29, 0.717) is 11.1 Å². The van der Waals surface area contributed by atoms with Crippen LogP contribution in [0.2, 0.25) is 0 Å². The highest BCUT2D eigenvalue weighted by molar-refractivity contribution is 5.83. The van der Waals surface area contributed by atoms with E-state index >= 15 is 0 Å². The Morgan fingerprint density at radius 2 is 2.38 bits per heavy atom. The Morgan fingerprint density at radius 3 is 3.06 bits per heavy atom. The molecule has 2 rings (SSSR count). The van der Waals surface area contributed by atoms with E-state index in [1.807, 2.05) is 12.1 Å². The van der Waals surface area contributed by atoms with Gasteiger partial charge in [-0.15, -0.1) is 0 Å². The zero-order valence-corrected chi connectivity index (χ0v) is 8.40. The number of aliphatic carboxylic acids is 1. The number of imidazole rings is 1. The van der Waals surface area contributed by atoms with Crippen molar-refractivity contribution in [2.24, 2.45) is 0 Å². The molecule has 0 aliphatic rings. The highest BCUT2D eigenvalue weighted by atomic mass is 16.4. The lowest BCUT2D eigenvalue weighted by atomic mass is 10.0. The van der Waals surface area contributed by atoms with Crippen molar-refractivity contribution in [1.29, 1.82) is 5.26 Å². The predicted molar refractivity (Wildman–Crippen MR) is 56.8 cm³/mol. The quantitative estimate of drug-likeness (QED) is 0.806. The van der Waals surface area contributed by atoms with Crippen molar-refractivity contribution in [1.82, 2.24) is 9.97 Å². The highest BCUT2D eigenvalue weighted by Gasteiger charge is 2.09. The number of fused-ring (bicyclic) bond motifs is 1. The summed E-state index contributed by atoms with van der Waals surface area (Å²) in [5, 5.41) is 17.4. The van der Waals surface area contributed by atoms with Crippen LogP contribution < -0.4 is 0 Å². The Kier molecular flexibility index (Phi) is 2.56. The molecule has 0 radical (unpaired) electrons. The molecule has 0 saturated heterocycles. The average molecular weight is 215 g/mol. The second-order valence-corrected chi connectivity index (χ2v) is 3.46. The number of H-pyrrole nitrogens is 1. The third-order valence-corrected chi connectivity index (χ3v) is 2.29. The van der Waals surface area contributed by atoms with E-state index in [4.69, 9.17) is 10.4 Å². The standard InChI is InChI=1S/C11H9N3O2/c12-2-1-7-3-8(5-10(15)16)11-9(4-7)13-6-14-11/h3-4,6H,1,5H2,(H,13,14)(H,15,16). The van der Waals surface area contributed by atoms with E-state index < -0.39 is 5.97 Å². The molecular weight excluding hydrogens is 206 g/mol. The van der Waals surface area contributed by atoms with Crippen molar-refractivity contribution < 1.29 is 9.90 Å². The third-order valence-electron chi connectivity index (χ3n) is 2.29. The van der Waals surface area contributed by atoms with Crippen molar-refractivity contribution in [3.8, 4) is 6.07 Å². The van der Waals surface area contributed by atoms with Gasteiger partial charge >= 0.3 is 5.97 Å². The molecule has 1 heterocycles. The van der Waals surface area contributed by atoms with Gasteiger partial charge in [0.15, 0.2) is 0 Å². The SMILES string of the molecule is N#CCc1cc(CC(=O)O)c2nc[nH]c2c1. The zero-order valence-electron chi connectivity index (χ0n) is 8.40. The monoisotopic (exact) mass is 215 g/mol. The van der Waals surface area contributed by atoms with Gasteiger partial charge in [0.05, 0.1) is 36.3 Å². The molecule has 0 saturated carbocycles. The summed E-state index contributed by atoms with van der Waals surface area (Å²) in [5.74, 6) is -0.904. The number of nitriles is 1. The summed E-state index contributed by atoms with van der Waals surface area (Å²) in [7, 11) is 0. The molecule has 1 aromatic heterocycles. The third kappa shape index (κ3) is 1.86. The summed E-state index contributed by atoms with van der Waals surface area (Å²) in [6, 6.07) is 5.58. The van der Waals surface area contributed by atoms with Crippen LogP contribution in [-0.4, -0.2) is 21.0 Å². The van der Waals surface area contributed by atoms with Gasteiger partial charge in [0.25, 0.3) is 0 Å². The van der Waals surface area contributed by atoms with Crippen molar-refractivity contribution in [3.05, 3.63) is 29.6 Å². The summed E-state index contributed by atoms with van der Waals surface area (Å²) >= 11 is 0. The van der Waals surface area contributed by atoms with Crippen LogP contribution in [0.4, 0.5) is 0 Å². The molecule has 0 amide bonds. The normalized spacial score (nSPS) is 10.2. The van der Waals surface area contributed by atoms with Crippen LogP contribution in [0.1, 0.15) is 11.1 Å². The van der Waals surface area contributed by atoms with Gasteiger partial charge in [-0.1, -0.05) is 6.07 Å². The van der Waals surface area contributed by atoms with Crippen LogP contribution in [0.5, 0.6) is 0 Å². The molecule has 80 valence electrons. The second kappa shape index (κ2) is 4.03. The van der Waals surface area contributed by atoms with Crippen LogP contribution in [0, 0.1) is 11.3 Å². The van der Waals surface area contributed by atoms with Gasteiger partial charge in [-0.05, 0) is 17.2 Å². The Morgan fingerprint density at radius 1 is 1.56 bits per heavy atom. The van der Waals surface area contributed by atoms with Crippen LogP contribution in [0.3, 0.4) is 0 Å². The lowest BCUT2D eigenvalue weighted by molar-refractivity contribution is -0.136. The second-order valence-electron chi connectivity index (χ2n) is 3.46. The molecule has 0 fully saturated rings. The van der Waals surface area contributed by atoms with Crippen LogP contribution >= 0.6 is 0 Å². The van der Waals surface area contributed by atoms with Crippen molar-refractivity contribution in [3.63, 3.8) is 0 Å². The first-order valence-electron chi connectivity index (χ1n) is 4.74. The number of hydrogen-bond acceptors (Lipinski definition) is 3. The molecule has 0 aliphatic heterocycles. The van der Waals surface area contributed by atoms with Gasteiger partial charge in [0, 0.05) is 0 Å². The molecule has 0 atom stereocenters. The molecule has 0 aliphatic carbocycles. The Bertz CT molecular complexity index is 580. The highest BCUT2D eigenvalue weighted by Crippen LogP contribution is 2.18. The Labute approximate surface area is 91.3 Å². The molecule has 5 nitrogen and oxygen atoms in total. The zero-order chi connectivity index (χ0) is 11.5. The minimum Gasteiger partial charge on any atom is -0.481 e.